The van der Waals surface area contributed by atoms with E-state index in [2.05, 4.69) is 13.2 Å². The Balaban J connectivity index is 0. The van der Waals surface area contributed by atoms with Gasteiger partial charge in [-0.15, -0.1) is 24.5 Å². The molecule has 0 spiro atoms. The largest absolute Gasteiger partial charge is 0.481 e. The Labute approximate surface area is 174 Å². The van der Waals surface area contributed by atoms with Crippen LogP contribution in [-0.2, 0) is 9.59 Å². The van der Waals surface area contributed by atoms with Crippen LogP contribution >= 0.6 is 11.3 Å². The second kappa shape index (κ2) is 18.7. The van der Waals surface area contributed by atoms with Crippen LogP contribution in [0.15, 0.2) is 25.3 Å². The summed E-state index contributed by atoms with van der Waals surface area (Å²) in [5.74, 6) is -3.62. The number of aliphatic carboxylic acids is 2. The van der Waals surface area contributed by atoms with Crippen LogP contribution in [0.4, 0.5) is 0 Å². The quantitative estimate of drug-likeness (QED) is 0.252. The van der Waals surface area contributed by atoms with Crippen LogP contribution in [0.1, 0.15) is 83.6 Å². The van der Waals surface area contributed by atoms with Gasteiger partial charge in [0.2, 0.25) is 0 Å². The molecular formula is C20H30O8S. The fourth-order valence-corrected chi connectivity index (χ4v) is 2.86. The fourth-order valence-electron chi connectivity index (χ4n) is 2.18. The molecule has 0 aliphatic carbocycles. The van der Waals surface area contributed by atoms with Crippen molar-refractivity contribution in [1.29, 1.82) is 0 Å². The summed E-state index contributed by atoms with van der Waals surface area (Å²) < 4.78 is 0. The SMILES string of the molecule is C=C.O=C(O)CCCCCCCCCCC(=O)O.O=C(O)c1ccc(C(=O)O)s1. The van der Waals surface area contributed by atoms with E-state index in [1.165, 1.54) is 12.1 Å². The van der Waals surface area contributed by atoms with E-state index in [0.717, 1.165) is 62.7 Å². The van der Waals surface area contributed by atoms with Gasteiger partial charge in [0, 0.05) is 12.8 Å². The molecule has 0 fully saturated rings. The van der Waals surface area contributed by atoms with E-state index in [-0.39, 0.29) is 22.6 Å². The van der Waals surface area contributed by atoms with Gasteiger partial charge in [0.25, 0.3) is 0 Å². The molecule has 0 aromatic carbocycles. The van der Waals surface area contributed by atoms with E-state index >= 15 is 0 Å². The van der Waals surface area contributed by atoms with Gasteiger partial charge in [0.15, 0.2) is 0 Å². The minimum absolute atomic E-state index is 0.0439. The summed E-state index contributed by atoms with van der Waals surface area (Å²) in [4.78, 5) is 41.0. The van der Waals surface area contributed by atoms with Gasteiger partial charge in [-0.2, -0.15) is 0 Å². The Morgan fingerprint density at radius 1 is 0.621 bits per heavy atom. The molecule has 0 unspecified atom stereocenters. The summed E-state index contributed by atoms with van der Waals surface area (Å²) in [5.41, 5.74) is 0. The van der Waals surface area contributed by atoms with Gasteiger partial charge >= 0.3 is 23.9 Å². The van der Waals surface area contributed by atoms with Crippen molar-refractivity contribution in [3.8, 4) is 0 Å². The standard InChI is InChI=1S/C12H22O4.C6H4O4S.C2H4/c13-11(14)9-7-5-3-1-2-4-6-8-10-12(15)16;7-5(8)3-1-2-4(11-3)6(9)10;1-2/h1-10H2,(H,13,14)(H,15,16);1-2H,(H,7,8)(H,9,10);1-2H2. The maximum absolute atomic E-state index is 10.3. The monoisotopic (exact) mass is 430 g/mol. The summed E-state index contributed by atoms with van der Waals surface area (Å²) in [7, 11) is 0. The third kappa shape index (κ3) is 18.4. The van der Waals surface area contributed by atoms with Crippen molar-refractivity contribution in [3.63, 3.8) is 0 Å². The van der Waals surface area contributed by atoms with Crippen molar-refractivity contribution in [2.45, 2.75) is 64.2 Å². The number of aromatic carboxylic acids is 2. The number of thiophene rings is 1. The van der Waals surface area contributed by atoms with Gasteiger partial charge in [0.05, 0.1) is 0 Å². The third-order valence-corrected chi connectivity index (χ3v) is 4.62. The first-order valence-electron chi connectivity index (χ1n) is 9.24. The number of carboxylic acids is 4. The van der Waals surface area contributed by atoms with E-state index in [1.807, 2.05) is 0 Å². The van der Waals surface area contributed by atoms with Gasteiger partial charge in [-0.05, 0) is 25.0 Å². The van der Waals surface area contributed by atoms with E-state index in [1.54, 1.807) is 0 Å². The van der Waals surface area contributed by atoms with Crippen LogP contribution in [0.25, 0.3) is 0 Å². The maximum atomic E-state index is 10.3. The summed E-state index contributed by atoms with van der Waals surface area (Å²) in [6, 6.07) is 2.55. The van der Waals surface area contributed by atoms with Crippen LogP contribution in [0.5, 0.6) is 0 Å². The van der Waals surface area contributed by atoms with Crippen molar-refractivity contribution in [2.24, 2.45) is 0 Å². The number of hydrogen-bond acceptors (Lipinski definition) is 5. The molecule has 9 heteroatoms. The smallest absolute Gasteiger partial charge is 0.345 e. The second-order valence-corrected chi connectivity index (χ2v) is 6.97. The molecular weight excluding hydrogens is 400 g/mol. The van der Waals surface area contributed by atoms with Gasteiger partial charge in [-0.1, -0.05) is 38.5 Å². The predicted octanol–water partition coefficient (Wildman–Crippen LogP) is 5.00. The van der Waals surface area contributed by atoms with E-state index in [0.29, 0.717) is 0 Å². The van der Waals surface area contributed by atoms with Crippen LogP contribution in [-0.4, -0.2) is 44.3 Å². The lowest BCUT2D eigenvalue weighted by molar-refractivity contribution is -0.138. The Morgan fingerprint density at radius 3 is 1.10 bits per heavy atom. The minimum Gasteiger partial charge on any atom is -0.481 e. The van der Waals surface area contributed by atoms with Crippen molar-refractivity contribution in [2.75, 3.05) is 0 Å². The third-order valence-electron chi connectivity index (χ3n) is 3.56. The number of carboxylic acid groups (broad SMARTS) is 4. The predicted molar refractivity (Wildman–Crippen MR) is 111 cm³/mol. The molecule has 0 radical (unpaired) electrons. The zero-order valence-electron chi connectivity index (χ0n) is 16.5. The molecule has 0 saturated heterocycles. The highest BCUT2D eigenvalue weighted by Crippen LogP contribution is 2.15. The first-order valence-corrected chi connectivity index (χ1v) is 10.1. The lowest BCUT2D eigenvalue weighted by atomic mass is 10.1. The van der Waals surface area contributed by atoms with Crippen LogP contribution in [0.2, 0.25) is 0 Å². The lowest BCUT2D eigenvalue weighted by Gasteiger charge is -2.00. The highest BCUT2D eigenvalue weighted by Gasteiger charge is 2.10. The first kappa shape index (κ1) is 28.5. The molecule has 1 heterocycles. The highest BCUT2D eigenvalue weighted by molar-refractivity contribution is 7.15. The molecule has 0 atom stereocenters. The molecule has 0 bridgehead atoms. The van der Waals surface area contributed by atoms with Crippen molar-refractivity contribution < 1.29 is 39.6 Å². The fraction of sp³-hybridized carbons (Fsp3) is 0.500. The molecule has 0 amide bonds. The minimum atomic E-state index is -1.09. The summed E-state index contributed by atoms with van der Waals surface area (Å²) >= 11 is 0.750. The molecule has 29 heavy (non-hydrogen) atoms. The topological polar surface area (TPSA) is 149 Å². The number of carbonyl (C=O) groups is 4. The van der Waals surface area contributed by atoms with Gasteiger partial charge in [0.1, 0.15) is 9.75 Å². The van der Waals surface area contributed by atoms with Gasteiger partial charge in [-0.25, -0.2) is 9.59 Å². The number of hydrogen-bond donors (Lipinski definition) is 4. The van der Waals surface area contributed by atoms with Crippen LogP contribution < -0.4 is 0 Å². The van der Waals surface area contributed by atoms with Gasteiger partial charge < -0.3 is 20.4 Å². The Kier molecular flexibility index (Phi) is 18.4. The molecule has 1 rings (SSSR count). The molecule has 1 aromatic heterocycles. The Bertz CT molecular complexity index is 573. The second-order valence-electron chi connectivity index (χ2n) is 5.89. The first-order chi connectivity index (χ1) is 13.7. The highest BCUT2D eigenvalue weighted by atomic mass is 32.1. The van der Waals surface area contributed by atoms with Crippen LogP contribution in [0.3, 0.4) is 0 Å². The van der Waals surface area contributed by atoms with Crippen molar-refractivity contribution >= 4 is 35.2 Å². The summed E-state index contributed by atoms with van der Waals surface area (Å²) in [5, 5.41) is 33.6. The summed E-state index contributed by atoms with van der Waals surface area (Å²) in [6.45, 7) is 6.00. The number of unbranched alkanes of at least 4 members (excludes halogenated alkanes) is 7. The zero-order valence-corrected chi connectivity index (χ0v) is 17.3. The molecule has 8 nitrogen and oxygen atoms in total. The molecule has 1 aromatic rings. The average Bonchev–Trinajstić information content (AvgIpc) is 3.16. The molecule has 0 aliphatic rings. The molecule has 0 saturated carbocycles. The lowest BCUT2D eigenvalue weighted by Crippen LogP contribution is -1.94. The average molecular weight is 431 g/mol. The van der Waals surface area contributed by atoms with Gasteiger partial charge in [-0.3, -0.25) is 9.59 Å². The Hall–Kier alpha value is -2.68. The van der Waals surface area contributed by atoms with Crippen molar-refractivity contribution in [1.82, 2.24) is 0 Å². The normalized spacial score (nSPS) is 9.38. The Morgan fingerprint density at radius 2 is 0.897 bits per heavy atom. The number of rotatable bonds is 13. The van der Waals surface area contributed by atoms with Crippen LogP contribution in [0, 0.1) is 0 Å². The van der Waals surface area contributed by atoms with E-state index in [4.69, 9.17) is 20.4 Å². The maximum Gasteiger partial charge on any atom is 0.345 e. The van der Waals surface area contributed by atoms with E-state index < -0.39 is 23.9 Å². The molecule has 0 aliphatic heterocycles. The molecule has 164 valence electrons. The van der Waals surface area contributed by atoms with E-state index in [9.17, 15) is 19.2 Å². The molecule has 4 N–H and O–H groups in total. The van der Waals surface area contributed by atoms with Crippen molar-refractivity contribution in [3.05, 3.63) is 35.0 Å². The zero-order chi connectivity index (χ0) is 22.7. The summed E-state index contributed by atoms with van der Waals surface area (Å²) in [6.07, 6.45) is 8.51.